The second-order valence-electron chi connectivity index (χ2n) is 5.37. The van der Waals surface area contributed by atoms with Crippen molar-refractivity contribution in [2.75, 3.05) is 18.9 Å². The van der Waals surface area contributed by atoms with Crippen LogP contribution in [0, 0.1) is 0 Å². The first-order valence-corrected chi connectivity index (χ1v) is 9.83. The van der Waals surface area contributed by atoms with Crippen molar-refractivity contribution < 1.29 is 17.9 Å². The highest BCUT2D eigenvalue weighted by Crippen LogP contribution is 2.30. The van der Waals surface area contributed by atoms with Crippen molar-refractivity contribution in [3.8, 4) is 17.2 Å². The lowest BCUT2D eigenvalue weighted by Gasteiger charge is -2.13. The van der Waals surface area contributed by atoms with E-state index in [0.29, 0.717) is 17.1 Å². The number of sulfonamides is 1. The van der Waals surface area contributed by atoms with Crippen LogP contribution in [0.15, 0.2) is 53.7 Å². The van der Waals surface area contributed by atoms with Gasteiger partial charge in [-0.2, -0.15) is 0 Å². The van der Waals surface area contributed by atoms with Gasteiger partial charge in [0.1, 0.15) is 22.7 Å². The fourth-order valence-electron chi connectivity index (χ4n) is 2.39. The molecule has 2 aromatic carbocycles. The Kier molecular flexibility index (Phi) is 5.50. The van der Waals surface area contributed by atoms with Crippen LogP contribution in [0.3, 0.4) is 0 Å². The largest absolute Gasteiger partial charge is 0.497 e. The molecule has 0 aliphatic carbocycles. The lowest BCUT2D eigenvalue weighted by atomic mass is 10.3. The maximum Gasteiger partial charge on any atom is 0.265 e. The molecule has 1 N–H and O–H groups in total. The van der Waals surface area contributed by atoms with E-state index in [1.165, 1.54) is 32.7 Å². The summed E-state index contributed by atoms with van der Waals surface area (Å²) in [7, 11) is -1.04. The minimum absolute atomic E-state index is 0.0298. The predicted octanol–water partition coefficient (Wildman–Crippen LogP) is 4.00. The first-order valence-electron chi connectivity index (χ1n) is 7.59. The van der Waals surface area contributed by atoms with Crippen molar-refractivity contribution >= 4 is 38.9 Å². The summed E-state index contributed by atoms with van der Waals surface area (Å²) in [5, 5.41) is 0.456. The van der Waals surface area contributed by atoms with Crippen molar-refractivity contribution in [1.29, 1.82) is 0 Å². The van der Waals surface area contributed by atoms with Gasteiger partial charge in [0.2, 0.25) is 0 Å². The first-order chi connectivity index (χ1) is 12.9. The molecule has 0 amide bonds. The smallest absolute Gasteiger partial charge is 0.265 e. The molecule has 10 heteroatoms. The molecule has 3 aromatic rings. The number of hydrogen-bond donors (Lipinski definition) is 1. The lowest BCUT2D eigenvalue weighted by Crippen LogP contribution is -2.14. The van der Waals surface area contributed by atoms with Crippen molar-refractivity contribution in [1.82, 2.24) is 9.55 Å². The van der Waals surface area contributed by atoms with Crippen LogP contribution in [-0.2, 0) is 10.0 Å². The summed E-state index contributed by atoms with van der Waals surface area (Å²) < 4.78 is 39.9. The maximum atomic E-state index is 12.8. The van der Waals surface area contributed by atoms with Gasteiger partial charge < -0.3 is 9.47 Å². The Bertz CT molecular complexity index is 1070. The van der Waals surface area contributed by atoms with E-state index in [9.17, 15) is 8.42 Å². The number of halogens is 2. The Morgan fingerprint density at radius 2 is 1.74 bits per heavy atom. The Hall–Kier alpha value is -2.42. The van der Waals surface area contributed by atoms with Gasteiger partial charge in [-0.15, -0.1) is 0 Å². The number of hydrogen-bond acceptors (Lipinski definition) is 5. The molecule has 142 valence electrons. The molecule has 1 aromatic heterocycles. The number of ether oxygens (including phenoxy) is 2. The molecule has 0 atom stereocenters. The molecular formula is C17H15Cl2N3O4S. The summed E-state index contributed by atoms with van der Waals surface area (Å²) in [5.41, 5.74) is 1.05. The predicted molar refractivity (Wildman–Crippen MR) is 104 cm³/mol. The van der Waals surface area contributed by atoms with E-state index in [2.05, 4.69) is 9.71 Å². The Labute approximate surface area is 166 Å². The average molecular weight is 428 g/mol. The normalized spacial score (nSPS) is 11.3. The van der Waals surface area contributed by atoms with E-state index in [4.69, 9.17) is 32.7 Å². The summed E-state index contributed by atoms with van der Waals surface area (Å²) in [6.45, 7) is 0. The lowest BCUT2D eigenvalue weighted by molar-refractivity contribution is 0.392. The molecule has 0 saturated heterocycles. The molecule has 0 fully saturated rings. The van der Waals surface area contributed by atoms with Crippen molar-refractivity contribution in [2.45, 2.75) is 4.90 Å². The van der Waals surface area contributed by atoms with Crippen LogP contribution < -0.4 is 14.2 Å². The van der Waals surface area contributed by atoms with Gasteiger partial charge in [-0.1, -0.05) is 23.2 Å². The van der Waals surface area contributed by atoms with E-state index in [1.54, 1.807) is 34.9 Å². The molecule has 0 bridgehead atoms. The van der Waals surface area contributed by atoms with Crippen molar-refractivity contribution in [2.24, 2.45) is 0 Å². The van der Waals surface area contributed by atoms with Crippen LogP contribution in [0.1, 0.15) is 0 Å². The molecule has 3 rings (SSSR count). The van der Waals surface area contributed by atoms with Crippen molar-refractivity contribution in [3.05, 3.63) is 59.1 Å². The van der Waals surface area contributed by atoms with Gasteiger partial charge in [0, 0.05) is 17.4 Å². The van der Waals surface area contributed by atoms with Crippen LogP contribution in [0.2, 0.25) is 10.3 Å². The van der Waals surface area contributed by atoms with E-state index in [-0.39, 0.29) is 21.0 Å². The second kappa shape index (κ2) is 7.67. The molecule has 7 nitrogen and oxygen atoms in total. The third kappa shape index (κ3) is 3.97. The number of anilines is 1. The fraction of sp³-hybridized carbons (Fsp3) is 0.118. The molecule has 0 unspecified atom stereocenters. The minimum atomic E-state index is -3.89. The zero-order chi connectivity index (χ0) is 19.6. The Morgan fingerprint density at radius 1 is 1.04 bits per heavy atom. The fourth-order valence-corrected chi connectivity index (χ4v) is 3.95. The van der Waals surface area contributed by atoms with Gasteiger partial charge in [0.05, 0.1) is 14.2 Å². The summed E-state index contributed by atoms with van der Waals surface area (Å²) >= 11 is 11.9. The van der Waals surface area contributed by atoms with Crippen LogP contribution in [0.4, 0.5) is 5.69 Å². The maximum absolute atomic E-state index is 12.8. The average Bonchev–Trinajstić information content (AvgIpc) is 3.00. The van der Waals surface area contributed by atoms with Gasteiger partial charge in [-0.25, -0.2) is 13.4 Å². The van der Waals surface area contributed by atoms with Crippen LogP contribution in [-0.4, -0.2) is 32.2 Å². The molecule has 0 aliphatic heterocycles. The quantitative estimate of drug-likeness (QED) is 0.642. The summed E-state index contributed by atoms with van der Waals surface area (Å²) in [6.07, 6.45) is 1.48. The van der Waals surface area contributed by atoms with Gasteiger partial charge >= 0.3 is 0 Å². The number of rotatable bonds is 6. The summed E-state index contributed by atoms with van der Waals surface area (Å²) in [6, 6.07) is 11.1. The third-order valence-electron chi connectivity index (χ3n) is 3.73. The molecule has 0 spiro atoms. The molecular weight excluding hydrogens is 413 g/mol. The van der Waals surface area contributed by atoms with E-state index >= 15 is 0 Å². The van der Waals surface area contributed by atoms with Crippen molar-refractivity contribution in [3.63, 3.8) is 0 Å². The molecule has 1 heterocycles. The molecule has 0 aliphatic rings. The number of benzene rings is 2. The van der Waals surface area contributed by atoms with Gasteiger partial charge in [-0.3, -0.25) is 9.29 Å². The van der Waals surface area contributed by atoms with Crippen LogP contribution in [0.25, 0.3) is 5.69 Å². The highest BCUT2D eigenvalue weighted by atomic mass is 35.5. The molecule has 0 saturated carbocycles. The standard InChI is InChI=1S/C17H15Cl2N3O4S/c1-25-13-7-8-14(26-2)15(9-13)27(23,24)21-11-3-5-12(6-4-11)22-10-20-16(18)17(22)19/h3-10,21H,1-2H3. The van der Waals surface area contributed by atoms with Gasteiger partial charge in [-0.05, 0) is 36.4 Å². The van der Waals surface area contributed by atoms with Crippen LogP contribution >= 0.6 is 23.2 Å². The van der Waals surface area contributed by atoms with Gasteiger partial charge in [0.25, 0.3) is 10.0 Å². The number of imidazole rings is 1. The zero-order valence-corrected chi connectivity index (χ0v) is 16.6. The Morgan fingerprint density at radius 3 is 2.30 bits per heavy atom. The first kappa shape index (κ1) is 19.3. The third-order valence-corrected chi connectivity index (χ3v) is 5.86. The summed E-state index contributed by atoms with van der Waals surface area (Å²) in [5.74, 6) is 0.609. The topological polar surface area (TPSA) is 82.5 Å². The van der Waals surface area contributed by atoms with E-state index in [0.717, 1.165) is 0 Å². The number of nitrogens with one attached hydrogen (secondary N) is 1. The van der Waals surface area contributed by atoms with E-state index in [1.807, 2.05) is 0 Å². The minimum Gasteiger partial charge on any atom is -0.497 e. The number of aromatic nitrogens is 2. The van der Waals surface area contributed by atoms with Gasteiger partial charge in [0.15, 0.2) is 10.3 Å². The van der Waals surface area contributed by atoms with Crippen LogP contribution in [0.5, 0.6) is 11.5 Å². The molecule has 27 heavy (non-hydrogen) atoms. The highest BCUT2D eigenvalue weighted by molar-refractivity contribution is 7.92. The highest BCUT2D eigenvalue weighted by Gasteiger charge is 2.21. The number of methoxy groups -OCH3 is 2. The zero-order valence-electron chi connectivity index (χ0n) is 14.3. The Balaban J connectivity index is 1.89. The second-order valence-corrected chi connectivity index (χ2v) is 7.73. The van der Waals surface area contributed by atoms with E-state index < -0.39 is 10.0 Å². The monoisotopic (exact) mass is 427 g/mol. The SMILES string of the molecule is COc1ccc(OC)c(S(=O)(=O)Nc2ccc(-n3cnc(Cl)c3Cl)cc2)c1. The summed E-state index contributed by atoms with van der Waals surface area (Å²) in [4.78, 5) is 3.88. The molecule has 0 radical (unpaired) electrons. The number of nitrogens with zero attached hydrogens (tertiary/aromatic N) is 2.